The summed E-state index contributed by atoms with van der Waals surface area (Å²) in [6.07, 6.45) is 2.76. The average molecular weight is 341 g/mol. The van der Waals surface area contributed by atoms with Crippen molar-refractivity contribution in [1.29, 1.82) is 0 Å². The maximum absolute atomic E-state index is 12.4. The zero-order chi connectivity index (χ0) is 15.7. The van der Waals surface area contributed by atoms with Gasteiger partial charge in [0, 0.05) is 24.7 Å². The molecule has 1 atom stereocenters. The average Bonchev–Trinajstić information content (AvgIpc) is 3.13. The van der Waals surface area contributed by atoms with E-state index in [1.54, 1.807) is 26.7 Å². The molecular weight excluding hydrogens is 326 g/mol. The lowest BCUT2D eigenvalue weighted by atomic mass is 10.2. The van der Waals surface area contributed by atoms with Gasteiger partial charge in [0.15, 0.2) is 0 Å². The molecule has 3 rings (SSSR count). The first-order valence-electron chi connectivity index (χ1n) is 6.58. The van der Waals surface area contributed by atoms with Gasteiger partial charge in [-0.2, -0.15) is 5.10 Å². The molecule has 1 aliphatic rings. The van der Waals surface area contributed by atoms with Crippen LogP contribution in [-0.2, 0) is 16.6 Å². The monoisotopic (exact) mass is 341 g/mol. The van der Waals surface area contributed by atoms with Crippen LogP contribution >= 0.6 is 11.3 Å². The van der Waals surface area contributed by atoms with E-state index in [4.69, 9.17) is 0 Å². The van der Waals surface area contributed by atoms with Crippen LogP contribution in [-0.4, -0.2) is 53.3 Å². The number of nitrogens with one attached hydrogen (secondary N) is 1. The van der Waals surface area contributed by atoms with Gasteiger partial charge in [0.2, 0.25) is 10.0 Å². The Kier molecular flexibility index (Phi) is 3.98. The van der Waals surface area contributed by atoms with Crippen LogP contribution in [0.4, 0.5) is 0 Å². The summed E-state index contributed by atoms with van der Waals surface area (Å²) in [7, 11) is -3.30. The Hall–Kier alpha value is -1.78. The molecule has 0 saturated heterocycles. The van der Waals surface area contributed by atoms with Gasteiger partial charge < -0.3 is 4.90 Å². The number of thiazole rings is 1. The molecule has 10 heteroatoms. The second-order valence-electron chi connectivity index (χ2n) is 5.10. The molecule has 0 radical (unpaired) electrons. The van der Waals surface area contributed by atoms with Gasteiger partial charge in [-0.25, -0.2) is 18.1 Å². The van der Waals surface area contributed by atoms with Crippen molar-refractivity contribution in [2.45, 2.75) is 12.6 Å². The molecule has 0 aromatic carbocycles. The van der Waals surface area contributed by atoms with Gasteiger partial charge in [-0.15, -0.1) is 11.3 Å². The number of hydrogen-bond acceptors (Lipinski definition) is 6. The molecular formula is C12H15N5O3S2. The first-order valence-corrected chi connectivity index (χ1v) is 9.42. The summed E-state index contributed by atoms with van der Waals surface area (Å²) in [5.41, 5.74) is 2.90. The van der Waals surface area contributed by atoms with Crippen LogP contribution in [0.15, 0.2) is 23.2 Å². The molecule has 2 aromatic heterocycles. The number of carbonyl (C=O) groups excluding carboxylic acids is 1. The summed E-state index contributed by atoms with van der Waals surface area (Å²) in [4.78, 5) is 18.1. The molecule has 0 unspecified atom stereocenters. The largest absolute Gasteiger partial charge is 0.329 e. The van der Waals surface area contributed by atoms with Gasteiger partial charge in [0.25, 0.3) is 5.91 Å². The van der Waals surface area contributed by atoms with Gasteiger partial charge in [-0.3, -0.25) is 9.48 Å². The molecule has 3 heterocycles. The van der Waals surface area contributed by atoms with Crippen LogP contribution < -0.4 is 4.72 Å². The van der Waals surface area contributed by atoms with E-state index < -0.39 is 10.0 Å². The molecule has 118 valence electrons. The minimum atomic E-state index is -3.30. The van der Waals surface area contributed by atoms with Crippen LogP contribution in [0.1, 0.15) is 22.2 Å². The fourth-order valence-electron chi connectivity index (χ4n) is 2.42. The number of amides is 1. The molecule has 0 aliphatic carbocycles. The Labute approximate surface area is 131 Å². The molecule has 1 N–H and O–H groups in total. The Balaban J connectivity index is 1.81. The fourth-order valence-corrected chi connectivity index (χ4v) is 3.44. The van der Waals surface area contributed by atoms with E-state index in [0.29, 0.717) is 18.8 Å². The van der Waals surface area contributed by atoms with E-state index in [2.05, 4.69) is 14.8 Å². The third-order valence-corrected chi connectivity index (χ3v) is 4.68. The maximum Gasteiger partial charge on any atom is 0.273 e. The minimum absolute atomic E-state index is 0.155. The lowest BCUT2D eigenvalue weighted by Crippen LogP contribution is -2.45. The van der Waals surface area contributed by atoms with Crippen molar-refractivity contribution < 1.29 is 13.2 Å². The van der Waals surface area contributed by atoms with E-state index in [1.807, 2.05) is 6.07 Å². The molecule has 1 aliphatic heterocycles. The number of hydrogen-bond donors (Lipinski definition) is 1. The van der Waals surface area contributed by atoms with Gasteiger partial charge in [0.05, 0.1) is 30.0 Å². The highest BCUT2D eigenvalue weighted by Gasteiger charge is 2.30. The standard InChI is InChI=1S/C12H15N5O3S2/c1-22(19,20)15-4-10-6-16(5-9-2-3-14-17(9)10)12(18)11-7-21-8-13-11/h2-3,7-8,10,15H,4-6H2,1H3/t10-/m1/s1. The molecule has 1 amide bonds. The maximum atomic E-state index is 12.4. The van der Waals surface area contributed by atoms with Gasteiger partial charge in [-0.1, -0.05) is 0 Å². The highest BCUT2D eigenvalue weighted by Crippen LogP contribution is 2.21. The number of fused-ring (bicyclic) bond motifs is 1. The molecule has 0 spiro atoms. The smallest absolute Gasteiger partial charge is 0.273 e. The van der Waals surface area contributed by atoms with Gasteiger partial charge in [-0.05, 0) is 6.07 Å². The number of sulfonamides is 1. The summed E-state index contributed by atoms with van der Waals surface area (Å²) in [5, 5.41) is 5.93. The molecule has 0 bridgehead atoms. The summed E-state index contributed by atoms with van der Waals surface area (Å²) in [6, 6.07) is 1.59. The predicted octanol–water partition coefficient (Wildman–Crippen LogP) is 0.0859. The van der Waals surface area contributed by atoms with E-state index in [-0.39, 0.29) is 18.5 Å². The van der Waals surface area contributed by atoms with Crippen LogP contribution in [0.3, 0.4) is 0 Å². The zero-order valence-corrected chi connectivity index (χ0v) is 13.5. The van der Waals surface area contributed by atoms with Crippen molar-refractivity contribution in [2.75, 3.05) is 19.3 Å². The summed E-state index contributed by atoms with van der Waals surface area (Å²) >= 11 is 1.37. The Morgan fingerprint density at radius 1 is 1.55 bits per heavy atom. The highest BCUT2D eigenvalue weighted by molar-refractivity contribution is 7.88. The summed E-state index contributed by atoms with van der Waals surface area (Å²) < 4.78 is 26.8. The first-order chi connectivity index (χ1) is 10.4. The number of rotatable bonds is 4. The van der Waals surface area contributed by atoms with Gasteiger partial charge >= 0.3 is 0 Å². The van der Waals surface area contributed by atoms with E-state index in [9.17, 15) is 13.2 Å². The van der Waals surface area contributed by atoms with Gasteiger partial charge in [0.1, 0.15) is 5.69 Å². The van der Waals surface area contributed by atoms with Crippen molar-refractivity contribution in [1.82, 2.24) is 24.4 Å². The van der Waals surface area contributed by atoms with Crippen LogP contribution in [0, 0.1) is 0 Å². The predicted molar refractivity (Wildman–Crippen MR) is 81.0 cm³/mol. The quantitative estimate of drug-likeness (QED) is 0.850. The molecule has 2 aromatic rings. The molecule has 8 nitrogen and oxygen atoms in total. The first kappa shape index (κ1) is 15.1. The second-order valence-corrected chi connectivity index (χ2v) is 7.65. The Bertz CT molecular complexity index is 769. The lowest BCUT2D eigenvalue weighted by molar-refractivity contribution is 0.0666. The SMILES string of the molecule is CS(=O)(=O)NC[C@@H]1CN(C(=O)c2cscn2)Cc2ccnn21. The van der Waals surface area contributed by atoms with Crippen molar-refractivity contribution in [3.63, 3.8) is 0 Å². The fraction of sp³-hybridized carbons (Fsp3) is 0.417. The van der Waals surface area contributed by atoms with Crippen molar-refractivity contribution in [3.8, 4) is 0 Å². The van der Waals surface area contributed by atoms with Crippen LogP contribution in [0.5, 0.6) is 0 Å². The number of carbonyl (C=O) groups is 1. The van der Waals surface area contributed by atoms with E-state index in [0.717, 1.165) is 11.9 Å². The summed E-state index contributed by atoms with van der Waals surface area (Å²) in [6.45, 7) is 1.01. The summed E-state index contributed by atoms with van der Waals surface area (Å²) in [5.74, 6) is -0.155. The molecule has 0 saturated carbocycles. The number of nitrogens with zero attached hydrogens (tertiary/aromatic N) is 4. The Morgan fingerprint density at radius 2 is 2.36 bits per heavy atom. The number of aromatic nitrogens is 3. The molecule has 0 fully saturated rings. The van der Waals surface area contributed by atoms with Crippen LogP contribution in [0.2, 0.25) is 0 Å². The second kappa shape index (κ2) is 5.78. The zero-order valence-electron chi connectivity index (χ0n) is 11.8. The minimum Gasteiger partial charge on any atom is -0.329 e. The van der Waals surface area contributed by atoms with E-state index in [1.165, 1.54) is 11.3 Å². The van der Waals surface area contributed by atoms with Crippen molar-refractivity contribution in [3.05, 3.63) is 34.5 Å². The normalized spacial score (nSPS) is 18.2. The van der Waals surface area contributed by atoms with Crippen LogP contribution in [0.25, 0.3) is 0 Å². The third-order valence-electron chi connectivity index (χ3n) is 3.40. The van der Waals surface area contributed by atoms with E-state index >= 15 is 0 Å². The lowest BCUT2D eigenvalue weighted by Gasteiger charge is -2.33. The highest BCUT2D eigenvalue weighted by atomic mass is 32.2. The third kappa shape index (κ3) is 3.18. The van der Waals surface area contributed by atoms with Crippen molar-refractivity contribution >= 4 is 27.3 Å². The topological polar surface area (TPSA) is 97.2 Å². The molecule has 22 heavy (non-hydrogen) atoms. The van der Waals surface area contributed by atoms with Crippen molar-refractivity contribution in [2.24, 2.45) is 0 Å². The Morgan fingerprint density at radius 3 is 3.05 bits per heavy atom.